The van der Waals surface area contributed by atoms with Crippen molar-refractivity contribution < 1.29 is 29.3 Å². The van der Waals surface area contributed by atoms with Gasteiger partial charge in [0, 0.05) is 15.4 Å². The molecule has 1 aromatic carbocycles. The lowest BCUT2D eigenvalue weighted by molar-refractivity contribution is -0.132. The summed E-state index contributed by atoms with van der Waals surface area (Å²) in [5.41, 5.74) is 0.101. The Morgan fingerprint density at radius 1 is 1.33 bits per heavy atom. The normalized spacial score (nSPS) is 9.78. The third-order valence-corrected chi connectivity index (χ3v) is 1.88. The van der Waals surface area contributed by atoms with Crippen LogP contribution in [-0.2, 0) is 16.1 Å². The second-order valence-corrected chi connectivity index (χ2v) is 3.31. The van der Waals surface area contributed by atoms with E-state index < -0.39 is 29.4 Å². The van der Waals surface area contributed by atoms with Crippen molar-refractivity contribution in [2.45, 2.75) is 13.5 Å². The number of carbonyl (C=O) groups excluding carboxylic acids is 2. The molecule has 1 aromatic rings. The average Bonchev–Trinajstić information content (AvgIpc) is 2.30. The van der Waals surface area contributed by atoms with E-state index in [1.165, 1.54) is 7.05 Å². The van der Waals surface area contributed by atoms with E-state index in [1.54, 1.807) is 0 Å². The summed E-state index contributed by atoms with van der Waals surface area (Å²) in [5.74, 6) is -3.69. The van der Waals surface area contributed by atoms with Gasteiger partial charge < -0.3 is 14.8 Å². The van der Waals surface area contributed by atoms with E-state index in [0.29, 0.717) is 0 Å². The summed E-state index contributed by atoms with van der Waals surface area (Å²) in [7, 11) is 1.35. The number of nitrogens with one attached hydrogen (secondary N) is 1. The van der Waals surface area contributed by atoms with Crippen molar-refractivity contribution in [2.24, 2.45) is 0 Å². The predicted molar refractivity (Wildman–Crippen MR) is 59.0 cm³/mol. The smallest absolute Gasteiger partial charge is 0.407 e. The van der Waals surface area contributed by atoms with Gasteiger partial charge in [0.05, 0.1) is 0 Å². The number of hydrogen-bond acceptors (Lipinski definition) is 4. The number of amides is 1. The van der Waals surface area contributed by atoms with Gasteiger partial charge in [0.15, 0.2) is 11.6 Å². The summed E-state index contributed by atoms with van der Waals surface area (Å²) in [5, 5.41) is 2.18. The van der Waals surface area contributed by atoms with Crippen LogP contribution in [0.2, 0.25) is 0 Å². The fourth-order valence-electron chi connectivity index (χ4n) is 1.16. The summed E-state index contributed by atoms with van der Waals surface area (Å²) in [6.07, 6.45) is -0.722. The molecule has 18 heavy (non-hydrogen) atoms. The van der Waals surface area contributed by atoms with Crippen molar-refractivity contribution in [2.75, 3.05) is 7.05 Å². The molecule has 0 heterocycles. The molecule has 0 radical (unpaired) electrons. The third kappa shape index (κ3) is 3.69. The highest BCUT2D eigenvalue weighted by Crippen LogP contribution is 2.23. The standard InChI is InChI=1S/C11H11F2NO4.H2/c1-6(15)18-10-8(12)3-7(4-9(10)13)5-17-11(16)14-2;/h3-4H,5H2,1-2H3,(H,14,16);1H. The summed E-state index contributed by atoms with van der Waals surface area (Å²) in [4.78, 5) is 21.4. The fraction of sp³-hybridized carbons (Fsp3) is 0.273. The number of alkyl carbamates (subject to hydrolysis) is 1. The van der Waals surface area contributed by atoms with Gasteiger partial charge in [0.2, 0.25) is 5.75 Å². The van der Waals surface area contributed by atoms with Gasteiger partial charge in [-0.15, -0.1) is 0 Å². The SMILES string of the molecule is CNC(=O)OCc1cc(F)c(OC(C)=O)c(F)c1.[HH]. The van der Waals surface area contributed by atoms with Crippen molar-refractivity contribution in [1.29, 1.82) is 0 Å². The number of ether oxygens (including phenoxy) is 2. The number of benzene rings is 1. The molecular weight excluding hydrogens is 248 g/mol. The van der Waals surface area contributed by atoms with E-state index in [-0.39, 0.29) is 13.6 Å². The van der Waals surface area contributed by atoms with Gasteiger partial charge in [-0.1, -0.05) is 0 Å². The van der Waals surface area contributed by atoms with Crippen LogP contribution in [0.25, 0.3) is 0 Å². The Hall–Kier alpha value is -2.18. The van der Waals surface area contributed by atoms with Crippen molar-refractivity contribution in [3.63, 3.8) is 0 Å². The average molecular weight is 261 g/mol. The Morgan fingerprint density at radius 3 is 2.33 bits per heavy atom. The quantitative estimate of drug-likeness (QED) is 0.667. The molecule has 1 rings (SSSR count). The molecule has 1 amide bonds. The van der Waals surface area contributed by atoms with Gasteiger partial charge in [0.25, 0.3) is 0 Å². The molecule has 0 saturated carbocycles. The Bertz CT molecular complexity index is 459. The highest BCUT2D eigenvalue weighted by Gasteiger charge is 2.15. The lowest BCUT2D eigenvalue weighted by atomic mass is 10.2. The second kappa shape index (κ2) is 5.95. The highest BCUT2D eigenvalue weighted by molar-refractivity contribution is 5.69. The molecule has 100 valence electrons. The third-order valence-electron chi connectivity index (χ3n) is 1.88. The molecule has 7 heteroatoms. The van der Waals surface area contributed by atoms with E-state index in [1.807, 2.05) is 0 Å². The summed E-state index contributed by atoms with van der Waals surface area (Å²) in [6, 6.07) is 1.84. The molecule has 0 aliphatic heterocycles. The first-order valence-corrected chi connectivity index (χ1v) is 4.95. The second-order valence-electron chi connectivity index (χ2n) is 3.31. The van der Waals surface area contributed by atoms with Gasteiger partial charge in [-0.25, -0.2) is 13.6 Å². The topological polar surface area (TPSA) is 64.6 Å². The molecule has 0 fully saturated rings. The lowest BCUT2D eigenvalue weighted by Gasteiger charge is -2.08. The zero-order valence-electron chi connectivity index (χ0n) is 9.75. The van der Waals surface area contributed by atoms with Crippen molar-refractivity contribution >= 4 is 12.1 Å². The first-order valence-electron chi connectivity index (χ1n) is 4.95. The first kappa shape index (κ1) is 13.9. The van der Waals surface area contributed by atoms with Crippen molar-refractivity contribution in [3.05, 3.63) is 29.3 Å². The number of halogens is 2. The van der Waals surface area contributed by atoms with Crippen LogP contribution in [0.15, 0.2) is 12.1 Å². The van der Waals surface area contributed by atoms with Crippen molar-refractivity contribution in [3.8, 4) is 5.75 Å². The van der Waals surface area contributed by atoms with Crippen LogP contribution >= 0.6 is 0 Å². The van der Waals surface area contributed by atoms with E-state index >= 15 is 0 Å². The van der Waals surface area contributed by atoms with Gasteiger partial charge in [-0.3, -0.25) is 4.79 Å². The molecular formula is C11H13F2NO4. The van der Waals surface area contributed by atoms with Gasteiger partial charge in [0.1, 0.15) is 6.61 Å². The highest BCUT2D eigenvalue weighted by atomic mass is 19.1. The Labute approximate surface area is 103 Å². The lowest BCUT2D eigenvalue weighted by Crippen LogP contribution is -2.19. The minimum absolute atomic E-state index is 0. The minimum Gasteiger partial charge on any atom is -0.445 e. The molecule has 0 spiro atoms. The summed E-state index contributed by atoms with van der Waals surface area (Å²) < 4.78 is 35.8. The molecule has 0 aliphatic carbocycles. The maximum absolute atomic E-state index is 13.4. The molecule has 0 unspecified atom stereocenters. The molecule has 0 bridgehead atoms. The van der Waals surface area contributed by atoms with Gasteiger partial charge in [-0.2, -0.15) is 0 Å². The zero-order valence-corrected chi connectivity index (χ0v) is 9.75. The number of esters is 1. The van der Waals surface area contributed by atoms with Crippen LogP contribution < -0.4 is 10.1 Å². The fourth-order valence-corrected chi connectivity index (χ4v) is 1.16. The van der Waals surface area contributed by atoms with Crippen LogP contribution in [0.4, 0.5) is 13.6 Å². The summed E-state index contributed by atoms with van der Waals surface area (Å²) in [6.45, 7) is 0.732. The summed E-state index contributed by atoms with van der Waals surface area (Å²) >= 11 is 0. The van der Waals surface area contributed by atoms with Crippen LogP contribution in [0.5, 0.6) is 5.75 Å². The van der Waals surface area contributed by atoms with E-state index in [0.717, 1.165) is 19.1 Å². The van der Waals surface area contributed by atoms with E-state index in [2.05, 4.69) is 14.8 Å². The van der Waals surface area contributed by atoms with Gasteiger partial charge >= 0.3 is 12.1 Å². The number of rotatable bonds is 3. The zero-order chi connectivity index (χ0) is 13.7. The first-order chi connectivity index (χ1) is 8.43. The molecule has 5 nitrogen and oxygen atoms in total. The number of hydrogen-bond donors (Lipinski definition) is 1. The Balaban J connectivity index is 0.00000324. The maximum Gasteiger partial charge on any atom is 0.407 e. The van der Waals surface area contributed by atoms with Crippen LogP contribution in [0, 0.1) is 11.6 Å². The van der Waals surface area contributed by atoms with E-state index in [9.17, 15) is 18.4 Å². The number of carbonyl (C=O) groups is 2. The molecule has 1 N–H and O–H groups in total. The monoisotopic (exact) mass is 261 g/mol. The minimum atomic E-state index is -1.04. The molecule has 0 aromatic heterocycles. The van der Waals surface area contributed by atoms with Crippen LogP contribution in [0.1, 0.15) is 13.9 Å². The molecule has 0 atom stereocenters. The van der Waals surface area contributed by atoms with E-state index in [4.69, 9.17) is 0 Å². The Morgan fingerprint density at radius 2 is 1.89 bits per heavy atom. The Kier molecular flexibility index (Phi) is 4.59. The van der Waals surface area contributed by atoms with Crippen molar-refractivity contribution in [1.82, 2.24) is 5.32 Å². The van der Waals surface area contributed by atoms with Crippen LogP contribution in [0.3, 0.4) is 0 Å². The van der Waals surface area contributed by atoms with Crippen LogP contribution in [-0.4, -0.2) is 19.1 Å². The molecule has 0 aliphatic rings. The largest absolute Gasteiger partial charge is 0.445 e. The van der Waals surface area contributed by atoms with Gasteiger partial charge in [-0.05, 0) is 17.7 Å². The molecule has 0 saturated heterocycles. The predicted octanol–water partition coefficient (Wildman–Crippen LogP) is 1.99. The maximum atomic E-state index is 13.4.